The van der Waals surface area contributed by atoms with Crippen LogP contribution in [0.1, 0.15) is 5.56 Å². The Morgan fingerprint density at radius 3 is 2.81 bits per heavy atom. The van der Waals surface area contributed by atoms with Crippen molar-refractivity contribution in [1.29, 1.82) is 0 Å². The summed E-state index contributed by atoms with van der Waals surface area (Å²) in [6, 6.07) is 5.43. The maximum Gasteiger partial charge on any atom is 0.298 e. The molecule has 1 N–H and O–H groups in total. The summed E-state index contributed by atoms with van der Waals surface area (Å²) in [7, 11) is 3.79. The standard InChI is InChI=1S/C14H14N2O4S/c1-15(2)7-16-13(17)12(21-14(16)18)6-9-3-4-10-11(5-9)20-8-19-10/h3-6H,7-8H2,1-2H3/p+1/b12-6-. The second-order valence-electron chi connectivity index (χ2n) is 5.09. The summed E-state index contributed by atoms with van der Waals surface area (Å²) < 4.78 is 10.5. The Balaban J connectivity index is 1.84. The van der Waals surface area contributed by atoms with Crippen LogP contribution in [0.25, 0.3) is 6.08 Å². The van der Waals surface area contributed by atoms with Gasteiger partial charge in [0.15, 0.2) is 18.2 Å². The summed E-state index contributed by atoms with van der Waals surface area (Å²) in [5.74, 6) is 1.10. The van der Waals surface area contributed by atoms with E-state index in [1.807, 2.05) is 20.2 Å². The summed E-state index contributed by atoms with van der Waals surface area (Å²) in [5, 5.41) is -0.229. The van der Waals surface area contributed by atoms with Crippen molar-refractivity contribution in [3.63, 3.8) is 0 Å². The molecular formula is C14H15N2O4S+. The van der Waals surface area contributed by atoms with Crippen LogP contribution in [-0.2, 0) is 4.79 Å². The van der Waals surface area contributed by atoms with Crippen molar-refractivity contribution in [1.82, 2.24) is 4.90 Å². The van der Waals surface area contributed by atoms with E-state index >= 15 is 0 Å². The number of hydrogen-bond acceptors (Lipinski definition) is 5. The van der Waals surface area contributed by atoms with Crippen molar-refractivity contribution in [2.75, 3.05) is 27.6 Å². The number of ether oxygens (including phenoxy) is 2. The van der Waals surface area contributed by atoms with Gasteiger partial charge in [-0.3, -0.25) is 9.59 Å². The van der Waals surface area contributed by atoms with Gasteiger partial charge >= 0.3 is 0 Å². The normalized spacial score (nSPS) is 19.2. The Bertz CT molecular complexity index is 642. The van der Waals surface area contributed by atoms with Crippen LogP contribution < -0.4 is 14.4 Å². The number of quaternary nitrogens is 1. The number of carbonyl (C=O) groups is 2. The predicted octanol–water partition coefficient (Wildman–Crippen LogP) is 0.554. The third-order valence-electron chi connectivity index (χ3n) is 3.04. The molecule has 3 rings (SSSR count). The van der Waals surface area contributed by atoms with E-state index in [0.29, 0.717) is 23.1 Å². The first-order chi connectivity index (χ1) is 10.0. The van der Waals surface area contributed by atoms with Gasteiger partial charge in [-0.05, 0) is 35.5 Å². The van der Waals surface area contributed by atoms with Crippen LogP contribution in [0.15, 0.2) is 23.1 Å². The van der Waals surface area contributed by atoms with Gasteiger partial charge in [-0.15, -0.1) is 0 Å². The number of nitrogens with zero attached hydrogens (tertiary/aromatic N) is 1. The molecule has 0 radical (unpaired) electrons. The van der Waals surface area contributed by atoms with Crippen LogP contribution in [0, 0.1) is 0 Å². The van der Waals surface area contributed by atoms with E-state index in [9.17, 15) is 9.59 Å². The van der Waals surface area contributed by atoms with E-state index in [-0.39, 0.29) is 17.9 Å². The van der Waals surface area contributed by atoms with Gasteiger partial charge in [0.1, 0.15) is 0 Å². The fraction of sp³-hybridized carbons (Fsp3) is 0.286. The lowest BCUT2D eigenvalue weighted by Crippen LogP contribution is -3.07. The molecular weight excluding hydrogens is 292 g/mol. The van der Waals surface area contributed by atoms with Crippen LogP contribution in [0.2, 0.25) is 0 Å². The lowest BCUT2D eigenvalue weighted by atomic mass is 10.2. The quantitative estimate of drug-likeness (QED) is 0.827. The minimum atomic E-state index is -0.246. The lowest BCUT2D eigenvalue weighted by Gasteiger charge is -2.14. The number of amides is 2. The highest BCUT2D eigenvalue weighted by atomic mass is 32.2. The number of fused-ring (bicyclic) bond motifs is 1. The minimum Gasteiger partial charge on any atom is -0.454 e. The van der Waals surface area contributed by atoms with E-state index in [1.54, 1.807) is 18.2 Å². The Hall–Kier alpha value is -1.99. The number of benzene rings is 1. The number of hydrogen-bond donors (Lipinski definition) is 1. The van der Waals surface area contributed by atoms with Gasteiger partial charge in [0, 0.05) is 0 Å². The number of nitrogens with one attached hydrogen (secondary N) is 1. The Morgan fingerprint density at radius 1 is 1.29 bits per heavy atom. The smallest absolute Gasteiger partial charge is 0.298 e. The minimum absolute atomic E-state index is 0.209. The molecule has 0 atom stereocenters. The molecule has 2 heterocycles. The first-order valence-electron chi connectivity index (χ1n) is 6.48. The zero-order chi connectivity index (χ0) is 15.0. The van der Waals surface area contributed by atoms with Crippen molar-refractivity contribution in [3.05, 3.63) is 28.7 Å². The van der Waals surface area contributed by atoms with Crippen LogP contribution >= 0.6 is 11.8 Å². The van der Waals surface area contributed by atoms with E-state index in [4.69, 9.17) is 9.47 Å². The predicted molar refractivity (Wildman–Crippen MR) is 78.1 cm³/mol. The van der Waals surface area contributed by atoms with Crippen molar-refractivity contribution >= 4 is 29.0 Å². The average molecular weight is 307 g/mol. The first kappa shape index (κ1) is 14.0. The molecule has 1 aromatic carbocycles. The molecule has 6 nitrogen and oxygen atoms in total. The Morgan fingerprint density at radius 2 is 2.05 bits per heavy atom. The number of carbonyl (C=O) groups excluding carboxylic acids is 2. The lowest BCUT2D eigenvalue weighted by molar-refractivity contribution is -0.866. The molecule has 1 aromatic rings. The van der Waals surface area contributed by atoms with Crippen LogP contribution in [0.3, 0.4) is 0 Å². The number of imide groups is 1. The summed E-state index contributed by atoms with van der Waals surface area (Å²) in [6.45, 7) is 0.573. The molecule has 0 saturated carbocycles. The average Bonchev–Trinajstić information content (AvgIpc) is 2.98. The van der Waals surface area contributed by atoms with E-state index < -0.39 is 0 Å². The molecule has 1 saturated heterocycles. The maximum absolute atomic E-state index is 12.2. The monoisotopic (exact) mass is 307 g/mol. The summed E-state index contributed by atoms with van der Waals surface area (Å²) in [4.78, 5) is 26.8. The number of thioether (sulfide) groups is 1. The van der Waals surface area contributed by atoms with Gasteiger partial charge in [-0.25, -0.2) is 4.90 Å². The van der Waals surface area contributed by atoms with Gasteiger partial charge in [-0.2, -0.15) is 0 Å². The van der Waals surface area contributed by atoms with Gasteiger partial charge in [-0.1, -0.05) is 6.07 Å². The fourth-order valence-electron chi connectivity index (χ4n) is 2.11. The summed E-state index contributed by atoms with van der Waals surface area (Å²) in [5.41, 5.74) is 0.807. The molecule has 21 heavy (non-hydrogen) atoms. The van der Waals surface area contributed by atoms with Gasteiger partial charge in [0.2, 0.25) is 6.79 Å². The van der Waals surface area contributed by atoms with E-state index in [0.717, 1.165) is 22.2 Å². The highest BCUT2D eigenvalue weighted by Crippen LogP contribution is 2.35. The van der Waals surface area contributed by atoms with Crippen molar-refractivity contribution in [2.24, 2.45) is 0 Å². The molecule has 2 amide bonds. The highest BCUT2D eigenvalue weighted by molar-refractivity contribution is 8.18. The SMILES string of the molecule is C[NH+](C)CN1C(=O)S/C(=C\c2ccc3c(c2)OCO3)C1=O. The molecule has 2 aliphatic heterocycles. The molecule has 0 spiro atoms. The van der Waals surface area contributed by atoms with Crippen LogP contribution in [0.5, 0.6) is 11.5 Å². The van der Waals surface area contributed by atoms with Crippen molar-refractivity contribution in [3.8, 4) is 11.5 Å². The maximum atomic E-state index is 12.2. The van der Waals surface area contributed by atoms with Crippen LogP contribution in [-0.4, -0.2) is 43.6 Å². The van der Waals surface area contributed by atoms with Crippen molar-refractivity contribution in [2.45, 2.75) is 0 Å². The van der Waals surface area contributed by atoms with Gasteiger partial charge in [0.25, 0.3) is 11.1 Å². The first-order valence-corrected chi connectivity index (χ1v) is 7.30. The second kappa shape index (κ2) is 5.42. The highest BCUT2D eigenvalue weighted by Gasteiger charge is 2.36. The molecule has 0 unspecified atom stereocenters. The van der Waals surface area contributed by atoms with Gasteiger partial charge in [0.05, 0.1) is 19.0 Å². The number of rotatable bonds is 3. The molecule has 2 aliphatic rings. The Kier molecular flexibility index (Phi) is 3.60. The summed E-state index contributed by atoms with van der Waals surface area (Å²) in [6.07, 6.45) is 1.71. The zero-order valence-corrected chi connectivity index (χ0v) is 12.5. The summed E-state index contributed by atoms with van der Waals surface area (Å²) >= 11 is 0.965. The topological polar surface area (TPSA) is 60.3 Å². The second-order valence-corrected chi connectivity index (χ2v) is 6.08. The van der Waals surface area contributed by atoms with E-state index in [1.165, 1.54) is 4.90 Å². The fourth-order valence-corrected chi connectivity index (χ4v) is 2.95. The molecule has 0 aromatic heterocycles. The molecule has 0 bridgehead atoms. The third kappa shape index (κ3) is 2.74. The Labute approximate surface area is 126 Å². The van der Waals surface area contributed by atoms with Gasteiger partial charge < -0.3 is 14.4 Å². The molecule has 1 fully saturated rings. The van der Waals surface area contributed by atoms with E-state index in [2.05, 4.69) is 0 Å². The molecule has 0 aliphatic carbocycles. The largest absolute Gasteiger partial charge is 0.454 e. The molecule has 110 valence electrons. The van der Waals surface area contributed by atoms with Crippen LogP contribution in [0.4, 0.5) is 4.79 Å². The third-order valence-corrected chi connectivity index (χ3v) is 3.95. The zero-order valence-electron chi connectivity index (χ0n) is 11.7. The molecule has 7 heteroatoms. The van der Waals surface area contributed by atoms with Crippen molar-refractivity contribution < 1.29 is 24.0 Å².